The van der Waals surface area contributed by atoms with Crippen LogP contribution in [0.15, 0.2) is 71.6 Å². The zero-order valence-electron chi connectivity index (χ0n) is 15.5. The van der Waals surface area contributed by atoms with Crippen molar-refractivity contribution in [2.45, 2.75) is 4.90 Å². The average molecular weight is 382 g/mol. The third kappa shape index (κ3) is 3.97. The van der Waals surface area contributed by atoms with Crippen LogP contribution in [-0.2, 0) is 10.0 Å². The van der Waals surface area contributed by atoms with Crippen LogP contribution < -0.4 is 14.8 Å². The van der Waals surface area contributed by atoms with Crippen molar-refractivity contribution in [1.82, 2.24) is 0 Å². The molecule has 140 valence electrons. The molecule has 0 radical (unpaired) electrons. The third-order valence-corrected chi connectivity index (χ3v) is 5.32. The molecule has 3 rings (SSSR count). The molecule has 0 amide bonds. The minimum Gasteiger partial charge on any atom is -0.495 e. The Bertz CT molecular complexity index is 1060. The summed E-state index contributed by atoms with van der Waals surface area (Å²) in [5.74, 6) is 0.789. The summed E-state index contributed by atoms with van der Waals surface area (Å²) in [5.41, 5.74) is 4.95. The van der Waals surface area contributed by atoms with Crippen LogP contribution in [0.5, 0.6) is 5.75 Å². The molecule has 2 N–H and O–H groups in total. The second-order valence-corrected chi connectivity index (χ2v) is 7.96. The maximum atomic E-state index is 11.5. The van der Waals surface area contributed by atoms with E-state index in [0.29, 0.717) is 0 Å². The number of nitrogens with two attached hydrogens (primary N) is 1. The van der Waals surface area contributed by atoms with Crippen LogP contribution >= 0.6 is 0 Å². The molecule has 0 fully saturated rings. The highest BCUT2D eigenvalue weighted by molar-refractivity contribution is 7.89. The van der Waals surface area contributed by atoms with Gasteiger partial charge in [0.2, 0.25) is 10.0 Å². The van der Waals surface area contributed by atoms with Crippen molar-refractivity contribution in [2.24, 2.45) is 5.14 Å². The van der Waals surface area contributed by atoms with E-state index in [1.807, 2.05) is 55.4 Å². The largest absolute Gasteiger partial charge is 0.495 e. The standard InChI is InChI=1S/C21H22N2O3S/c1-23(2)20-13-10-16(14-21(20)26-3)19-7-5-4-6-18(19)15-8-11-17(12-9-15)27(22,24)25/h4-14H,1-3H3,(H2,22,24,25). The molecule has 5 nitrogen and oxygen atoms in total. The summed E-state index contributed by atoms with van der Waals surface area (Å²) >= 11 is 0. The van der Waals surface area contributed by atoms with E-state index in [2.05, 4.69) is 6.07 Å². The topological polar surface area (TPSA) is 72.6 Å². The summed E-state index contributed by atoms with van der Waals surface area (Å²) in [4.78, 5) is 2.10. The van der Waals surface area contributed by atoms with Gasteiger partial charge in [-0.1, -0.05) is 42.5 Å². The molecule has 0 spiro atoms. The zero-order valence-corrected chi connectivity index (χ0v) is 16.3. The van der Waals surface area contributed by atoms with Gasteiger partial charge in [-0.05, 0) is 46.5 Å². The lowest BCUT2D eigenvalue weighted by molar-refractivity contribution is 0.415. The van der Waals surface area contributed by atoms with Crippen LogP contribution in [0.25, 0.3) is 22.3 Å². The Labute approximate surface area is 160 Å². The van der Waals surface area contributed by atoms with Crippen molar-refractivity contribution in [3.05, 3.63) is 66.7 Å². The van der Waals surface area contributed by atoms with E-state index < -0.39 is 10.0 Å². The van der Waals surface area contributed by atoms with Gasteiger partial charge in [0, 0.05) is 14.1 Å². The number of benzene rings is 3. The number of ether oxygens (including phenoxy) is 1. The number of methoxy groups -OCH3 is 1. The fourth-order valence-corrected chi connectivity index (χ4v) is 3.54. The minimum atomic E-state index is -3.71. The van der Waals surface area contributed by atoms with Gasteiger partial charge in [-0.25, -0.2) is 13.6 Å². The van der Waals surface area contributed by atoms with Crippen LogP contribution in [0, 0.1) is 0 Å². The molecule has 0 unspecified atom stereocenters. The fraction of sp³-hybridized carbons (Fsp3) is 0.143. The Morgan fingerprint density at radius 3 is 1.93 bits per heavy atom. The first-order valence-corrected chi connectivity index (χ1v) is 9.94. The predicted molar refractivity (Wildman–Crippen MR) is 110 cm³/mol. The summed E-state index contributed by atoms with van der Waals surface area (Å²) in [6.07, 6.45) is 0. The summed E-state index contributed by atoms with van der Waals surface area (Å²) in [6, 6.07) is 20.6. The molecule has 0 aliphatic heterocycles. The Morgan fingerprint density at radius 1 is 0.852 bits per heavy atom. The Balaban J connectivity index is 2.10. The van der Waals surface area contributed by atoms with E-state index in [0.717, 1.165) is 33.7 Å². The molecule has 6 heteroatoms. The zero-order chi connectivity index (χ0) is 19.6. The van der Waals surface area contributed by atoms with Crippen LogP contribution in [-0.4, -0.2) is 29.6 Å². The summed E-state index contributed by atoms with van der Waals surface area (Å²) in [7, 11) is 1.89. The average Bonchev–Trinajstić information content (AvgIpc) is 2.66. The lowest BCUT2D eigenvalue weighted by Crippen LogP contribution is -2.11. The van der Waals surface area contributed by atoms with Crippen LogP contribution in [0.2, 0.25) is 0 Å². The number of hydrogen-bond acceptors (Lipinski definition) is 4. The summed E-state index contributed by atoms with van der Waals surface area (Å²) in [6.45, 7) is 0. The molecule has 0 atom stereocenters. The van der Waals surface area contributed by atoms with Crippen LogP contribution in [0.1, 0.15) is 0 Å². The third-order valence-electron chi connectivity index (χ3n) is 4.39. The lowest BCUT2D eigenvalue weighted by Gasteiger charge is -2.18. The van der Waals surface area contributed by atoms with E-state index >= 15 is 0 Å². The number of sulfonamides is 1. The molecule has 0 aromatic heterocycles. The molecule has 0 bridgehead atoms. The number of rotatable bonds is 5. The van der Waals surface area contributed by atoms with Gasteiger partial charge in [0.05, 0.1) is 17.7 Å². The lowest BCUT2D eigenvalue weighted by atomic mass is 9.94. The van der Waals surface area contributed by atoms with E-state index in [1.54, 1.807) is 19.2 Å². The van der Waals surface area contributed by atoms with E-state index in [9.17, 15) is 8.42 Å². The molecule has 0 aliphatic carbocycles. The first-order valence-electron chi connectivity index (χ1n) is 8.39. The van der Waals surface area contributed by atoms with Gasteiger partial charge in [-0.3, -0.25) is 0 Å². The van der Waals surface area contributed by atoms with Crippen LogP contribution in [0.4, 0.5) is 5.69 Å². The SMILES string of the molecule is COc1cc(-c2ccccc2-c2ccc(S(N)(=O)=O)cc2)ccc1N(C)C. The molecule has 0 saturated carbocycles. The van der Waals surface area contributed by atoms with Crippen molar-refractivity contribution in [3.63, 3.8) is 0 Å². The van der Waals surface area contributed by atoms with Crippen molar-refractivity contribution in [2.75, 3.05) is 26.1 Å². The molecule has 27 heavy (non-hydrogen) atoms. The molecule has 3 aromatic rings. The van der Waals surface area contributed by atoms with Gasteiger partial charge in [-0.15, -0.1) is 0 Å². The van der Waals surface area contributed by atoms with Crippen molar-refractivity contribution < 1.29 is 13.2 Å². The molecule has 0 saturated heterocycles. The van der Waals surface area contributed by atoms with Gasteiger partial charge in [0.15, 0.2) is 0 Å². The fourth-order valence-electron chi connectivity index (χ4n) is 3.03. The summed E-state index contributed by atoms with van der Waals surface area (Å²) < 4.78 is 28.5. The van der Waals surface area contributed by atoms with Gasteiger partial charge < -0.3 is 9.64 Å². The molecule has 0 heterocycles. The first-order chi connectivity index (χ1) is 12.8. The highest BCUT2D eigenvalue weighted by Crippen LogP contribution is 2.37. The van der Waals surface area contributed by atoms with Gasteiger partial charge in [0.25, 0.3) is 0 Å². The van der Waals surface area contributed by atoms with E-state index in [-0.39, 0.29) is 4.90 Å². The number of primary sulfonamides is 1. The molecule has 3 aromatic carbocycles. The van der Waals surface area contributed by atoms with Gasteiger partial charge in [0.1, 0.15) is 5.75 Å². The predicted octanol–water partition coefficient (Wildman–Crippen LogP) is 3.74. The minimum absolute atomic E-state index is 0.0979. The monoisotopic (exact) mass is 382 g/mol. The van der Waals surface area contributed by atoms with Crippen LogP contribution in [0.3, 0.4) is 0 Å². The van der Waals surface area contributed by atoms with E-state index in [4.69, 9.17) is 9.88 Å². The number of anilines is 1. The molecular formula is C21H22N2O3S. The van der Waals surface area contributed by atoms with Gasteiger partial charge in [-0.2, -0.15) is 0 Å². The maximum absolute atomic E-state index is 11.5. The first kappa shape index (κ1) is 18.9. The van der Waals surface area contributed by atoms with E-state index in [1.165, 1.54) is 12.1 Å². The Morgan fingerprint density at radius 2 is 1.41 bits per heavy atom. The van der Waals surface area contributed by atoms with Gasteiger partial charge >= 0.3 is 0 Å². The highest BCUT2D eigenvalue weighted by Gasteiger charge is 2.13. The Kier molecular flexibility index (Phi) is 5.21. The van der Waals surface area contributed by atoms with Crippen molar-refractivity contribution in [1.29, 1.82) is 0 Å². The maximum Gasteiger partial charge on any atom is 0.238 e. The van der Waals surface area contributed by atoms with Crippen molar-refractivity contribution >= 4 is 15.7 Å². The quantitative estimate of drug-likeness (QED) is 0.730. The second kappa shape index (κ2) is 7.42. The number of hydrogen-bond donors (Lipinski definition) is 1. The smallest absolute Gasteiger partial charge is 0.238 e. The molecular weight excluding hydrogens is 360 g/mol. The summed E-state index contributed by atoms with van der Waals surface area (Å²) in [5, 5.41) is 5.19. The Hall–Kier alpha value is -2.83. The van der Waals surface area contributed by atoms with Crippen molar-refractivity contribution in [3.8, 4) is 28.0 Å². The normalized spacial score (nSPS) is 11.3. The second-order valence-electron chi connectivity index (χ2n) is 6.40. The highest BCUT2D eigenvalue weighted by atomic mass is 32.2. The number of nitrogens with zero attached hydrogens (tertiary/aromatic N) is 1. The molecule has 0 aliphatic rings.